The summed E-state index contributed by atoms with van der Waals surface area (Å²) in [5.41, 5.74) is -0.158. The molecule has 0 saturated carbocycles. The normalized spacial score (nSPS) is 13.8. The van der Waals surface area contributed by atoms with Crippen LogP contribution in [0.2, 0.25) is 0 Å². The fraction of sp³-hybridized carbons (Fsp3) is 0.722. The molecule has 2 atom stereocenters. The molecule has 0 aliphatic carbocycles. The molecule has 1 rings (SSSR count). The van der Waals surface area contributed by atoms with E-state index in [0.29, 0.717) is 12.2 Å². The van der Waals surface area contributed by atoms with Gasteiger partial charge in [-0.15, -0.1) is 0 Å². The molecule has 1 aromatic rings. The van der Waals surface area contributed by atoms with Gasteiger partial charge in [0.2, 0.25) is 0 Å². The van der Waals surface area contributed by atoms with Gasteiger partial charge in [-0.3, -0.25) is 4.79 Å². The molecule has 4 heteroatoms. The zero-order valence-electron chi connectivity index (χ0n) is 14.1. The van der Waals surface area contributed by atoms with Crippen LogP contribution in [0.1, 0.15) is 64.6 Å². The van der Waals surface area contributed by atoms with E-state index in [-0.39, 0.29) is 17.3 Å². The maximum atomic E-state index is 11.5. The van der Waals surface area contributed by atoms with Gasteiger partial charge >= 0.3 is 0 Å². The number of rotatable bonds is 11. The maximum absolute atomic E-state index is 11.5. The van der Waals surface area contributed by atoms with Crippen LogP contribution in [0.15, 0.2) is 21.3 Å². The van der Waals surface area contributed by atoms with Crippen molar-refractivity contribution in [3.8, 4) is 5.95 Å². The van der Waals surface area contributed by atoms with Crippen LogP contribution >= 0.6 is 0 Å². The lowest BCUT2D eigenvalue weighted by Gasteiger charge is -2.18. The average molecular weight is 310 g/mol. The van der Waals surface area contributed by atoms with Gasteiger partial charge in [-0.25, -0.2) is 0 Å². The minimum Gasteiger partial charge on any atom is -0.468 e. The second-order valence-electron chi connectivity index (χ2n) is 6.09. The van der Waals surface area contributed by atoms with Crippen molar-refractivity contribution in [2.45, 2.75) is 71.3 Å². The highest BCUT2D eigenvalue weighted by atomic mass is 16.6. The van der Waals surface area contributed by atoms with Gasteiger partial charge in [0.15, 0.2) is 5.43 Å². The summed E-state index contributed by atoms with van der Waals surface area (Å²) >= 11 is 0. The predicted octanol–water partition coefficient (Wildman–Crippen LogP) is 3.94. The smallest absolute Gasteiger partial charge is 0.288 e. The molecule has 0 aliphatic rings. The van der Waals surface area contributed by atoms with Crippen LogP contribution in [0.4, 0.5) is 0 Å². The third-order valence-corrected chi connectivity index (χ3v) is 4.08. The van der Waals surface area contributed by atoms with Gasteiger partial charge in [0.05, 0.1) is 19.3 Å². The van der Waals surface area contributed by atoms with Gasteiger partial charge in [-0.1, -0.05) is 52.4 Å². The van der Waals surface area contributed by atoms with Crippen molar-refractivity contribution in [3.05, 3.63) is 28.1 Å². The minimum atomic E-state index is -0.495. The number of hydrogen-bond donors (Lipinski definition) is 1. The van der Waals surface area contributed by atoms with Gasteiger partial charge in [-0.05, 0) is 12.3 Å². The molecule has 0 fully saturated rings. The molecule has 0 spiro atoms. The third kappa shape index (κ3) is 7.12. The summed E-state index contributed by atoms with van der Waals surface area (Å²) in [4.78, 5) is 11.5. The van der Waals surface area contributed by atoms with Crippen LogP contribution in [0.3, 0.4) is 0 Å². The molecule has 4 nitrogen and oxygen atoms in total. The molecule has 0 aromatic carbocycles. The van der Waals surface area contributed by atoms with Gasteiger partial charge in [0.1, 0.15) is 5.76 Å². The molecule has 0 amide bonds. The highest BCUT2D eigenvalue weighted by molar-refractivity contribution is 5.11. The lowest BCUT2D eigenvalue weighted by Crippen LogP contribution is -2.21. The molecule has 0 radical (unpaired) electrons. The number of ether oxygens (including phenoxy) is 1. The largest absolute Gasteiger partial charge is 0.468 e. The van der Waals surface area contributed by atoms with Crippen LogP contribution in [-0.4, -0.2) is 18.3 Å². The van der Waals surface area contributed by atoms with Gasteiger partial charge in [-0.2, -0.15) is 0 Å². The van der Waals surface area contributed by atoms with E-state index in [4.69, 9.17) is 9.15 Å². The highest BCUT2D eigenvalue weighted by Crippen LogP contribution is 2.19. The van der Waals surface area contributed by atoms with E-state index in [1.807, 2.05) is 0 Å². The fourth-order valence-corrected chi connectivity index (χ4v) is 2.55. The fourth-order valence-electron chi connectivity index (χ4n) is 2.55. The summed E-state index contributed by atoms with van der Waals surface area (Å²) < 4.78 is 10.4. The molecular formula is C18H30O4. The Kier molecular flexibility index (Phi) is 8.90. The SMILES string of the molecule is CCCCCCCCC(C)C(O)Cc1cc(=O)cc(OC)o1. The molecule has 1 aromatic heterocycles. The molecule has 0 saturated heterocycles. The summed E-state index contributed by atoms with van der Waals surface area (Å²) in [5, 5.41) is 10.3. The maximum Gasteiger partial charge on any atom is 0.288 e. The number of aliphatic hydroxyl groups excluding tert-OH is 1. The van der Waals surface area contributed by atoms with E-state index in [1.165, 1.54) is 51.3 Å². The summed E-state index contributed by atoms with van der Waals surface area (Å²) in [6, 6.07) is 2.72. The van der Waals surface area contributed by atoms with Crippen molar-refractivity contribution in [1.82, 2.24) is 0 Å². The lowest BCUT2D eigenvalue weighted by atomic mass is 9.94. The molecule has 2 unspecified atom stereocenters. The summed E-state index contributed by atoms with van der Waals surface area (Å²) in [7, 11) is 1.46. The van der Waals surface area contributed by atoms with E-state index in [2.05, 4.69) is 13.8 Å². The molecule has 126 valence electrons. The molecule has 0 aliphatic heterocycles. The van der Waals surface area contributed by atoms with Crippen LogP contribution in [0, 0.1) is 5.92 Å². The Bertz CT molecular complexity index is 466. The van der Waals surface area contributed by atoms with Crippen molar-refractivity contribution in [3.63, 3.8) is 0 Å². The van der Waals surface area contributed by atoms with Crippen molar-refractivity contribution in [2.75, 3.05) is 7.11 Å². The standard InChI is InChI=1S/C18H30O4/c1-4-5-6-7-8-9-10-14(2)17(20)13-16-11-15(19)12-18(21-3)22-16/h11-12,14,17,20H,4-10,13H2,1-3H3. The van der Waals surface area contributed by atoms with Crippen LogP contribution in [-0.2, 0) is 6.42 Å². The zero-order valence-corrected chi connectivity index (χ0v) is 14.1. The quantitative estimate of drug-likeness (QED) is 0.629. The van der Waals surface area contributed by atoms with E-state index in [1.54, 1.807) is 0 Å². The van der Waals surface area contributed by atoms with E-state index in [0.717, 1.165) is 12.8 Å². The average Bonchev–Trinajstić information content (AvgIpc) is 2.49. The van der Waals surface area contributed by atoms with Crippen LogP contribution in [0.5, 0.6) is 5.95 Å². The summed E-state index contributed by atoms with van der Waals surface area (Å²) in [6.07, 6.45) is 8.39. The third-order valence-electron chi connectivity index (χ3n) is 4.08. The molecule has 22 heavy (non-hydrogen) atoms. The Hall–Kier alpha value is -1.29. The number of unbranched alkanes of at least 4 members (excludes halogenated alkanes) is 5. The topological polar surface area (TPSA) is 59.7 Å². The molecule has 1 heterocycles. The number of methoxy groups -OCH3 is 1. The summed E-state index contributed by atoms with van der Waals surface area (Å²) in [5.74, 6) is 0.868. The first kappa shape index (κ1) is 18.8. The highest BCUT2D eigenvalue weighted by Gasteiger charge is 2.16. The number of aliphatic hydroxyl groups is 1. The monoisotopic (exact) mass is 310 g/mol. The van der Waals surface area contributed by atoms with Crippen molar-refractivity contribution < 1.29 is 14.3 Å². The molecule has 1 N–H and O–H groups in total. The molecular weight excluding hydrogens is 280 g/mol. The lowest BCUT2D eigenvalue weighted by molar-refractivity contribution is 0.103. The van der Waals surface area contributed by atoms with Gasteiger partial charge in [0.25, 0.3) is 5.95 Å². The van der Waals surface area contributed by atoms with E-state index < -0.39 is 6.10 Å². The van der Waals surface area contributed by atoms with Gasteiger partial charge in [0, 0.05) is 12.5 Å². The zero-order chi connectivity index (χ0) is 16.4. The minimum absolute atomic E-state index is 0.158. The predicted molar refractivity (Wildman–Crippen MR) is 88.4 cm³/mol. The van der Waals surface area contributed by atoms with Crippen molar-refractivity contribution >= 4 is 0 Å². The Morgan fingerprint density at radius 1 is 1.18 bits per heavy atom. The van der Waals surface area contributed by atoms with Crippen molar-refractivity contribution in [1.29, 1.82) is 0 Å². The van der Waals surface area contributed by atoms with Crippen LogP contribution < -0.4 is 10.2 Å². The van der Waals surface area contributed by atoms with E-state index >= 15 is 0 Å². The Balaban J connectivity index is 2.36. The first-order chi connectivity index (χ1) is 10.6. The van der Waals surface area contributed by atoms with Crippen molar-refractivity contribution in [2.24, 2.45) is 5.92 Å². The first-order valence-corrected chi connectivity index (χ1v) is 8.43. The Labute approximate surface area is 133 Å². The molecule has 0 bridgehead atoms. The summed E-state index contributed by atoms with van der Waals surface area (Å²) in [6.45, 7) is 4.27. The first-order valence-electron chi connectivity index (χ1n) is 8.43. The second-order valence-corrected chi connectivity index (χ2v) is 6.09. The van der Waals surface area contributed by atoms with E-state index in [9.17, 15) is 9.90 Å². The Morgan fingerprint density at radius 2 is 1.86 bits per heavy atom. The number of hydrogen-bond acceptors (Lipinski definition) is 4. The van der Waals surface area contributed by atoms with Gasteiger partial charge < -0.3 is 14.3 Å². The van der Waals surface area contributed by atoms with Crippen LogP contribution in [0.25, 0.3) is 0 Å². The second kappa shape index (κ2) is 10.4. The Morgan fingerprint density at radius 3 is 2.55 bits per heavy atom.